The second-order valence-electron chi connectivity index (χ2n) is 10.4. The molecule has 1 saturated carbocycles. The van der Waals surface area contributed by atoms with Crippen molar-refractivity contribution in [3.8, 4) is 0 Å². The van der Waals surface area contributed by atoms with Crippen molar-refractivity contribution in [3.63, 3.8) is 0 Å². The smallest absolute Gasteiger partial charge is 0.337 e. The number of carbonyl (C=O) groups is 4. The van der Waals surface area contributed by atoms with Gasteiger partial charge in [-0.2, -0.15) is 0 Å². The largest absolute Gasteiger partial charge is 0.465 e. The third-order valence-electron chi connectivity index (χ3n) is 7.62. The summed E-state index contributed by atoms with van der Waals surface area (Å²) < 4.78 is 11.2. The molecule has 0 bridgehead atoms. The van der Waals surface area contributed by atoms with Crippen LogP contribution < -0.4 is 10.2 Å². The van der Waals surface area contributed by atoms with Crippen molar-refractivity contribution < 1.29 is 28.7 Å². The van der Waals surface area contributed by atoms with Crippen LogP contribution in [0.1, 0.15) is 64.4 Å². The molecule has 1 atom stereocenters. The fourth-order valence-corrected chi connectivity index (χ4v) is 5.44. The molecule has 1 N–H and O–H groups in total. The Morgan fingerprint density at radius 3 is 2.30 bits per heavy atom. The number of carbonyl (C=O) groups excluding carboxylic acids is 4. The van der Waals surface area contributed by atoms with Crippen LogP contribution in [0.15, 0.2) is 72.8 Å². The average Bonchev–Trinajstić information content (AvgIpc) is 3.45. The number of ether oxygens (including phenoxy) is 2. The summed E-state index contributed by atoms with van der Waals surface area (Å²) >= 11 is 0. The molecular weight excluding hydrogens is 550 g/mol. The summed E-state index contributed by atoms with van der Waals surface area (Å²) in [6.45, 7) is -0.226. The number of para-hydroxylation sites is 1. The van der Waals surface area contributed by atoms with Crippen molar-refractivity contribution in [2.45, 2.75) is 50.7 Å². The first-order valence-electron chi connectivity index (χ1n) is 14.2. The van der Waals surface area contributed by atoms with Gasteiger partial charge >= 0.3 is 11.9 Å². The summed E-state index contributed by atoms with van der Waals surface area (Å²) in [5.41, 5.74) is 2.59. The molecule has 43 heavy (non-hydrogen) atoms. The average molecular weight is 584 g/mol. The molecule has 0 aliphatic heterocycles. The maximum atomic E-state index is 14.3. The number of methoxy groups -OCH3 is 2. The van der Waals surface area contributed by atoms with Crippen LogP contribution in [0.2, 0.25) is 0 Å². The highest BCUT2D eigenvalue weighted by Crippen LogP contribution is 2.31. The Bertz CT molecular complexity index is 1630. The number of nitrogens with one attached hydrogen (secondary N) is 1. The van der Waals surface area contributed by atoms with E-state index in [-0.39, 0.29) is 24.1 Å². The van der Waals surface area contributed by atoms with Crippen molar-refractivity contribution in [3.05, 3.63) is 89.5 Å². The maximum Gasteiger partial charge on any atom is 0.337 e. The Labute approximate surface area is 248 Å². The molecule has 1 fully saturated rings. The number of benzene rings is 3. The van der Waals surface area contributed by atoms with Crippen molar-refractivity contribution in [2.75, 3.05) is 19.1 Å². The lowest BCUT2D eigenvalue weighted by molar-refractivity contribution is -0.127. The maximum absolute atomic E-state index is 14.3. The fraction of sp³-hybridized carbons (Fsp3) is 0.312. The van der Waals surface area contributed by atoms with Gasteiger partial charge in [-0.3, -0.25) is 14.5 Å². The first-order chi connectivity index (χ1) is 20.9. The molecule has 1 aromatic heterocycles. The molecule has 0 saturated heterocycles. The predicted molar refractivity (Wildman–Crippen MR) is 158 cm³/mol. The van der Waals surface area contributed by atoms with Crippen LogP contribution in [0, 0.1) is 0 Å². The zero-order valence-corrected chi connectivity index (χ0v) is 24.1. The van der Waals surface area contributed by atoms with E-state index in [1.54, 1.807) is 48.5 Å². The van der Waals surface area contributed by atoms with Gasteiger partial charge in [0.25, 0.3) is 0 Å². The Morgan fingerprint density at radius 1 is 0.884 bits per heavy atom. The SMILES string of the molecule is COC(=O)c1ccc([C@H](C(=O)NC2CCCCC2)N(C(=O)Cn2nnc3ccccc32)c2cccc(C(=O)OC)c2)cc1. The monoisotopic (exact) mass is 583 g/mol. The van der Waals surface area contributed by atoms with E-state index < -0.39 is 23.9 Å². The summed E-state index contributed by atoms with van der Waals surface area (Å²) in [6, 6.07) is 18.9. The zero-order valence-electron chi connectivity index (χ0n) is 24.1. The third kappa shape index (κ3) is 6.56. The summed E-state index contributed by atoms with van der Waals surface area (Å²) in [6.07, 6.45) is 4.81. The summed E-state index contributed by atoms with van der Waals surface area (Å²) in [7, 11) is 2.57. The van der Waals surface area contributed by atoms with Crippen LogP contribution in [-0.2, 0) is 25.6 Å². The molecule has 11 heteroatoms. The lowest BCUT2D eigenvalue weighted by Crippen LogP contribution is -2.48. The summed E-state index contributed by atoms with van der Waals surface area (Å²) in [4.78, 5) is 54.4. The second kappa shape index (κ2) is 13.3. The zero-order chi connectivity index (χ0) is 30.3. The van der Waals surface area contributed by atoms with Crippen LogP contribution in [0.3, 0.4) is 0 Å². The van der Waals surface area contributed by atoms with E-state index >= 15 is 0 Å². The molecule has 0 spiro atoms. The molecule has 2 amide bonds. The number of hydrogen-bond acceptors (Lipinski definition) is 8. The quantitative estimate of drug-likeness (QED) is 0.290. The van der Waals surface area contributed by atoms with Gasteiger partial charge in [-0.1, -0.05) is 54.8 Å². The topological polar surface area (TPSA) is 133 Å². The van der Waals surface area contributed by atoms with Crippen LogP contribution in [0.25, 0.3) is 11.0 Å². The van der Waals surface area contributed by atoms with E-state index in [1.165, 1.54) is 29.9 Å². The first kappa shape index (κ1) is 29.4. The number of esters is 2. The van der Waals surface area contributed by atoms with Crippen LogP contribution in [-0.4, -0.2) is 59.0 Å². The van der Waals surface area contributed by atoms with Crippen LogP contribution >= 0.6 is 0 Å². The highest BCUT2D eigenvalue weighted by molar-refractivity contribution is 6.03. The number of nitrogens with zero attached hydrogens (tertiary/aromatic N) is 4. The van der Waals surface area contributed by atoms with Crippen molar-refractivity contribution in [2.24, 2.45) is 0 Å². The van der Waals surface area contributed by atoms with Gasteiger partial charge in [0, 0.05) is 11.7 Å². The predicted octanol–water partition coefficient (Wildman–Crippen LogP) is 4.23. The molecule has 222 valence electrons. The minimum Gasteiger partial charge on any atom is -0.465 e. The Balaban J connectivity index is 1.61. The van der Waals surface area contributed by atoms with E-state index in [2.05, 4.69) is 15.6 Å². The minimum atomic E-state index is -1.14. The lowest BCUT2D eigenvalue weighted by atomic mass is 9.94. The Kier molecular flexibility index (Phi) is 9.09. The van der Waals surface area contributed by atoms with E-state index in [0.717, 1.165) is 32.1 Å². The van der Waals surface area contributed by atoms with Gasteiger partial charge in [-0.25, -0.2) is 14.3 Å². The third-order valence-corrected chi connectivity index (χ3v) is 7.62. The molecule has 1 aliphatic carbocycles. The number of aromatic nitrogens is 3. The van der Waals surface area contributed by atoms with E-state index in [4.69, 9.17) is 9.47 Å². The number of amides is 2. The molecule has 1 aliphatic rings. The van der Waals surface area contributed by atoms with E-state index in [0.29, 0.717) is 27.8 Å². The van der Waals surface area contributed by atoms with Gasteiger partial charge in [-0.15, -0.1) is 5.10 Å². The van der Waals surface area contributed by atoms with Gasteiger partial charge in [0.1, 0.15) is 18.1 Å². The number of anilines is 1. The first-order valence-corrected chi connectivity index (χ1v) is 14.2. The van der Waals surface area contributed by atoms with Gasteiger partial charge in [0.15, 0.2) is 0 Å². The van der Waals surface area contributed by atoms with Crippen molar-refractivity contribution in [1.82, 2.24) is 20.3 Å². The van der Waals surface area contributed by atoms with Crippen molar-refractivity contribution in [1.29, 1.82) is 0 Å². The highest BCUT2D eigenvalue weighted by atomic mass is 16.5. The summed E-state index contributed by atoms with van der Waals surface area (Å²) in [5, 5.41) is 11.5. The molecular formula is C32H33N5O6. The van der Waals surface area contributed by atoms with Gasteiger partial charge in [-0.05, 0) is 60.9 Å². The number of rotatable bonds is 9. The minimum absolute atomic E-state index is 0.0318. The van der Waals surface area contributed by atoms with Gasteiger partial charge in [0.2, 0.25) is 11.8 Å². The Morgan fingerprint density at radius 2 is 1.58 bits per heavy atom. The molecule has 0 unspecified atom stereocenters. The normalized spacial score (nSPS) is 14.1. The lowest BCUT2D eigenvalue weighted by Gasteiger charge is -2.33. The standard InChI is InChI=1S/C32H33N5O6/c1-42-31(40)22-17-15-21(16-18-22)29(30(39)33-24-10-4-3-5-11-24)37(25-12-8-9-23(19-25)32(41)43-2)28(38)20-36-27-14-7-6-13-26(27)34-35-36/h6-9,12-19,24,29H,3-5,10-11,20H2,1-2H3,(H,33,39)/t29-/m1/s1. The summed E-state index contributed by atoms with van der Waals surface area (Å²) in [5.74, 6) is -1.94. The molecule has 1 heterocycles. The van der Waals surface area contributed by atoms with E-state index in [1.807, 2.05) is 18.2 Å². The molecule has 11 nitrogen and oxygen atoms in total. The highest BCUT2D eigenvalue weighted by Gasteiger charge is 2.35. The molecule has 3 aromatic carbocycles. The van der Waals surface area contributed by atoms with Crippen LogP contribution in [0.5, 0.6) is 0 Å². The molecule has 4 aromatic rings. The second-order valence-corrected chi connectivity index (χ2v) is 10.4. The molecule has 5 rings (SSSR count). The Hall–Kier alpha value is -5.06. The van der Waals surface area contributed by atoms with Crippen LogP contribution in [0.4, 0.5) is 5.69 Å². The van der Waals surface area contributed by atoms with Crippen molar-refractivity contribution >= 4 is 40.5 Å². The van der Waals surface area contributed by atoms with Gasteiger partial charge in [0.05, 0.1) is 30.9 Å². The molecule has 0 radical (unpaired) electrons. The number of hydrogen-bond donors (Lipinski definition) is 1. The number of fused-ring (bicyclic) bond motifs is 1. The fourth-order valence-electron chi connectivity index (χ4n) is 5.44. The van der Waals surface area contributed by atoms with E-state index in [9.17, 15) is 19.2 Å². The van der Waals surface area contributed by atoms with Gasteiger partial charge < -0.3 is 14.8 Å².